The van der Waals surface area contributed by atoms with Crippen LogP contribution in [0.5, 0.6) is 5.75 Å². The van der Waals surface area contributed by atoms with Gasteiger partial charge in [0.05, 0.1) is 0 Å². The van der Waals surface area contributed by atoms with Crippen molar-refractivity contribution >= 4 is 23.1 Å². The Morgan fingerprint density at radius 1 is 1.24 bits per heavy atom. The molecule has 0 amide bonds. The largest absolute Gasteiger partial charge is 0.485 e. The van der Waals surface area contributed by atoms with Crippen molar-refractivity contribution in [1.29, 1.82) is 0 Å². The van der Waals surface area contributed by atoms with Crippen LogP contribution in [-0.2, 0) is 0 Å². The highest BCUT2D eigenvalue weighted by molar-refractivity contribution is 6.30. The van der Waals surface area contributed by atoms with Crippen LogP contribution in [0.3, 0.4) is 0 Å². The van der Waals surface area contributed by atoms with Gasteiger partial charge in [0, 0.05) is 10.7 Å². The van der Waals surface area contributed by atoms with Gasteiger partial charge in [-0.05, 0) is 42.8 Å². The molecule has 108 valence electrons. The van der Waals surface area contributed by atoms with Crippen molar-refractivity contribution in [2.45, 2.75) is 6.92 Å². The lowest BCUT2D eigenvalue weighted by atomic mass is 10.2. The number of nitrogens with zero attached hydrogens (tertiary/aromatic N) is 2. The monoisotopic (exact) mass is 301 g/mol. The van der Waals surface area contributed by atoms with Crippen LogP contribution in [0, 0.1) is 6.92 Å². The maximum absolute atomic E-state index is 5.95. The van der Waals surface area contributed by atoms with Gasteiger partial charge in [0.2, 0.25) is 0 Å². The van der Waals surface area contributed by atoms with Crippen LogP contribution in [0.4, 0.5) is 5.69 Å². The Morgan fingerprint density at radius 3 is 2.81 bits per heavy atom. The van der Waals surface area contributed by atoms with E-state index in [2.05, 4.69) is 27.6 Å². The second kappa shape index (κ2) is 6.06. The molecular formula is C16H16ClN3O. The molecule has 1 N–H and O–H groups in total. The number of para-hydroxylation sites is 1. The Morgan fingerprint density at radius 2 is 2.05 bits per heavy atom. The van der Waals surface area contributed by atoms with Gasteiger partial charge in [0.1, 0.15) is 19.0 Å². The zero-order valence-electron chi connectivity index (χ0n) is 11.7. The third-order valence-electron chi connectivity index (χ3n) is 3.31. The van der Waals surface area contributed by atoms with Crippen molar-refractivity contribution in [1.82, 2.24) is 5.43 Å². The molecule has 5 heteroatoms. The van der Waals surface area contributed by atoms with E-state index >= 15 is 0 Å². The first-order valence-electron chi connectivity index (χ1n) is 6.75. The first-order valence-corrected chi connectivity index (χ1v) is 7.13. The molecule has 1 aliphatic heterocycles. The van der Waals surface area contributed by atoms with Crippen molar-refractivity contribution < 1.29 is 4.74 Å². The van der Waals surface area contributed by atoms with Gasteiger partial charge in [-0.25, -0.2) is 0 Å². The number of rotatable bonds is 4. The van der Waals surface area contributed by atoms with Crippen molar-refractivity contribution in [3.8, 4) is 5.75 Å². The minimum absolute atomic E-state index is 0.407. The number of hydrazone groups is 1. The summed E-state index contributed by atoms with van der Waals surface area (Å²) in [6.45, 7) is 3.04. The molecule has 1 heterocycles. The Balaban J connectivity index is 1.70. The van der Waals surface area contributed by atoms with Crippen LogP contribution in [-0.4, -0.2) is 19.1 Å². The molecule has 2 aromatic rings. The van der Waals surface area contributed by atoms with E-state index in [0.717, 1.165) is 22.8 Å². The van der Waals surface area contributed by atoms with E-state index in [-0.39, 0.29) is 0 Å². The van der Waals surface area contributed by atoms with Crippen LogP contribution in [0.25, 0.3) is 0 Å². The molecule has 0 radical (unpaired) electrons. The Labute approximate surface area is 129 Å². The Kier molecular flexibility index (Phi) is 3.97. The van der Waals surface area contributed by atoms with E-state index < -0.39 is 0 Å². The molecule has 0 fully saturated rings. The molecule has 0 saturated heterocycles. The summed E-state index contributed by atoms with van der Waals surface area (Å²) in [4.78, 5) is 2.09. The smallest absolute Gasteiger partial charge is 0.168 e. The molecule has 0 saturated carbocycles. The molecule has 0 aromatic heterocycles. The molecule has 0 unspecified atom stereocenters. The SMILES string of the molecule is Cc1cc(Cl)ccc1OCC1=NNCN1c1ccccc1. The van der Waals surface area contributed by atoms with Crippen LogP contribution in [0.2, 0.25) is 5.02 Å². The molecule has 21 heavy (non-hydrogen) atoms. The number of anilines is 1. The molecule has 1 aliphatic rings. The summed E-state index contributed by atoms with van der Waals surface area (Å²) in [6.07, 6.45) is 0. The summed E-state index contributed by atoms with van der Waals surface area (Å²) in [6, 6.07) is 15.7. The topological polar surface area (TPSA) is 36.9 Å². The van der Waals surface area contributed by atoms with Crippen molar-refractivity contribution in [2.75, 3.05) is 18.2 Å². The number of halogens is 1. The minimum atomic E-state index is 0.407. The fourth-order valence-corrected chi connectivity index (χ4v) is 2.45. The predicted octanol–water partition coefficient (Wildman–Crippen LogP) is 3.41. The molecule has 4 nitrogen and oxygen atoms in total. The molecule has 0 spiro atoms. The Bertz CT molecular complexity index is 658. The highest BCUT2D eigenvalue weighted by Crippen LogP contribution is 2.22. The lowest BCUT2D eigenvalue weighted by Gasteiger charge is -2.19. The number of amidine groups is 1. The molecule has 0 bridgehead atoms. The molecule has 3 rings (SSSR count). The van der Waals surface area contributed by atoms with Gasteiger partial charge in [-0.2, -0.15) is 5.10 Å². The van der Waals surface area contributed by atoms with Crippen LogP contribution >= 0.6 is 11.6 Å². The molecule has 0 atom stereocenters. The van der Waals surface area contributed by atoms with E-state index in [1.807, 2.05) is 43.3 Å². The van der Waals surface area contributed by atoms with Gasteiger partial charge in [0.15, 0.2) is 5.84 Å². The number of hydrogen-bond acceptors (Lipinski definition) is 4. The van der Waals surface area contributed by atoms with Gasteiger partial charge in [-0.15, -0.1) is 0 Å². The molecular weight excluding hydrogens is 286 g/mol. The number of nitrogens with one attached hydrogen (secondary N) is 1. The number of hydrogen-bond donors (Lipinski definition) is 1. The minimum Gasteiger partial charge on any atom is -0.485 e. The van der Waals surface area contributed by atoms with E-state index in [1.54, 1.807) is 0 Å². The van der Waals surface area contributed by atoms with Crippen molar-refractivity contribution in [2.24, 2.45) is 5.10 Å². The third-order valence-corrected chi connectivity index (χ3v) is 3.55. The zero-order chi connectivity index (χ0) is 14.7. The van der Waals surface area contributed by atoms with E-state index in [9.17, 15) is 0 Å². The second-order valence-electron chi connectivity index (χ2n) is 4.81. The average Bonchev–Trinajstić information content (AvgIpc) is 2.96. The predicted molar refractivity (Wildman–Crippen MR) is 86.0 cm³/mol. The number of aryl methyl sites for hydroxylation is 1. The van der Waals surface area contributed by atoms with Crippen molar-refractivity contribution in [3.63, 3.8) is 0 Å². The maximum Gasteiger partial charge on any atom is 0.168 e. The van der Waals surface area contributed by atoms with Crippen LogP contribution in [0.15, 0.2) is 53.6 Å². The summed E-state index contributed by atoms with van der Waals surface area (Å²) in [5, 5.41) is 5.01. The van der Waals surface area contributed by atoms with Gasteiger partial charge in [-0.3, -0.25) is 5.43 Å². The third kappa shape index (κ3) is 3.11. The normalized spacial score (nSPS) is 13.8. The first-order chi connectivity index (χ1) is 10.2. The lowest BCUT2D eigenvalue weighted by Crippen LogP contribution is -2.32. The van der Waals surface area contributed by atoms with Gasteiger partial charge in [0.25, 0.3) is 0 Å². The van der Waals surface area contributed by atoms with Gasteiger partial charge in [-0.1, -0.05) is 29.8 Å². The molecule has 2 aromatic carbocycles. The van der Waals surface area contributed by atoms with Crippen LogP contribution < -0.4 is 15.1 Å². The van der Waals surface area contributed by atoms with E-state index in [0.29, 0.717) is 18.3 Å². The summed E-state index contributed by atoms with van der Waals surface area (Å²) in [5.41, 5.74) is 5.10. The summed E-state index contributed by atoms with van der Waals surface area (Å²) in [7, 11) is 0. The summed E-state index contributed by atoms with van der Waals surface area (Å²) in [5.74, 6) is 1.68. The van der Waals surface area contributed by atoms with E-state index in [4.69, 9.17) is 16.3 Å². The number of benzene rings is 2. The van der Waals surface area contributed by atoms with Gasteiger partial charge < -0.3 is 9.64 Å². The second-order valence-corrected chi connectivity index (χ2v) is 5.24. The Hall–Kier alpha value is -2.20. The maximum atomic E-state index is 5.95. The first kappa shape index (κ1) is 13.8. The average molecular weight is 302 g/mol. The fourth-order valence-electron chi connectivity index (χ4n) is 2.22. The van der Waals surface area contributed by atoms with E-state index in [1.165, 1.54) is 0 Å². The highest BCUT2D eigenvalue weighted by Gasteiger charge is 2.19. The zero-order valence-corrected chi connectivity index (χ0v) is 12.5. The lowest BCUT2D eigenvalue weighted by molar-refractivity contribution is 0.372. The molecule has 0 aliphatic carbocycles. The standard InChI is InChI=1S/C16H16ClN3O/c1-12-9-13(17)7-8-15(12)21-10-16-19-18-11-20(16)14-5-3-2-4-6-14/h2-9,18H,10-11H2,1H3. The number of ether oxygens (including phenoxy) is 1. The highest BCUT2D eigenvalue weighted by atomic mass is 35.5. The quantitative estimate of drug-likeness (QED) is 0.940. The van der Waals surface area contributed by atoms with Crippen LogP contribution in [0.1, 0.15) is 5.56 Å². The summed E-state index contributed by atoms with van der Waals surface area (Å²) >= 11 is 5.95. The van der Waals surface area contributed by atoms with Gasteiger partial charge >= 0.3 is 0 Å². The van der Waals surface area contributed by atoms with Crippen molar-refractivity contribution in [3.05, 3.63) is 59.1 Å². The summed E-state index contributed by atoms with van der Waals surface area (Å²) < 4.78 is 5.86. The fraction of sp³-hybridized carbons (Fsp3) is 0.188.